The molecule has 3 aromatic rings. The van der Waals surface area contributed by atoms with Crippen LogP contribution >= 0.6 is 11.6 Å². The second-order valence-electron chi connectivity index (χ2n) is 5.95. The largest absolute Gasteiger partial charge is 0.497 e. The molecule has 1 aliphatic heterocycles. The van der Waals surface area contributed by atoms with Gasteiger partial charge in [-0.3, -0.25) is 0 Å². The fourth-order valence-electron chi connectivity index (χ4n) is 2.90. The molecule has 0 saturated carbocycles. The number of fused-ring (bicyclic) bond motifs is 1. The Hall–Kier alpha value is -3.04. The first kappa shape index (κ1) is 16.4. The molecule has 0 N–H and O–H groups in total. The van der Waals surface area contributed by atoms with Crippen LogP contribution in [0.3, 0.4) is 0 Å². The first-order valence-electron chi connectivity index (χ1n) is 8.12. The fourth-order valence-corrected chi connectivity index (χ4v) is 3.09. The number of carbonyl (C=O) groups excluding carboxylic acids is 1. The molecule has 0 radical (unpaired) electrons. The van der Waals surface area contributed by atoms with Gasteiger partial charge in [-0.05, 0) is 52.8 Å². The summed E-state index contributed by atoms with van der Waals surface area (Å²) in [6.45, 7) is 0. The van der Waals surface area contributed by atoms with Gasteiger partial charge in [-0.2, -0.15) is 0 Å². The summed E-state index contributed by atoms with van der Waals surface area (Å²) in [7, 11) is 1.64. The van der Waals surface area contributed by atoms with Gasteiger partial charge in [-0.1, -0.05) is 48.0 Å². The molecule has 128 valence electrons. The van der Waals surface area contributed by atoms with Gasteiger partial charge >= 0.3 is 5.97 Å². The van der Waals surface area contributed by atoms with Crippen LogP contribution in [-0.4, -0.2) is 13.1 Å². The summed E-state index contributed by atoms with van der Waals surface area (Å²) in [5, 5.41) is 2.70. The van der Waals surface area contributed by atoms with Crippen LogP contribution in [-0.2, 0) is 9.53 Å². The molecule has 0 aromatic heterocycles. The second-order valence-corrected chi connectivity index (χ2v) is 6.35. The van der Waals surface area contributed by atoms with Crippen LogP contribution in [0, 0.1) is 0 Å². The molecule has 0 aliphatic carbocycles. The minimum absolute atomic E-state index is 0.380. The van der Waals surface area contributed by atoms with E-state index in [9.17, 15) is 4.79 Å². The van der Waals surface area contributed by atoms with Gasteiger partial charge in [0.05, 0.1) is 12.7 Å². The minimum Gasteiger partial charge on any atom is -0.497 e. The lowest BCUT2D eigenvalue weighted by molar-refractivity contribution is -0.130. The molecule has 0 bridgehead atoms. The summed E-state index contributed by atoms with van der Waals surface area (Å²) < 4.78 is 10.7. The van der Waals surface area contributed by atoms with Crippen LogP contribution < -0.4 is 4.74 Å². The van der Waals surface area contributed by atoms with Gasteiger partial charge in [0.15, 0.2) is 0 Å². The number of halogens is 1. The van der Waals surface area contributed by atoms with Crippen molar-refractivity contribution in [2.75, 3.05) is 7.11 Å². The van der Waals surface area contributed by atoms with Crippen molar-refractivity contribution in [1.82, 2.24) is 0 Å². The Kier molecular flexibility index (Phi) is 4.23. The van der Waals surface area contributed by atoms with Crippen molar-refractivity contribution in [3.05, 3.63) is 88.5 Å². The van der Waals surface area contributed by atoms with E-state index in [1.165, 1.54) is 0 Å². The van der Waals surface area contributed by atoms with Crippen LogP contribution in [0.1, 0.15) is 11.1 Å². The van der Waals surface area contributed by atoms with E-state index in [1.807, 2.05) is 54.6 Å². The van der Waals surface area contributed by atoms with Crippen LogP contribution in [0.2, 0.25) is 5.02 Å². The van der Waals surface area contributed by atoms with E-state index in [4.69, 9.17) is 21.1 Å². The normalized spacial score (nSPS) is 15.2. The van der Waals surface area contributed by atoms with E-state index in [1.54, 1.807) is 25.3 Å². The summed E-state index contributed by atoms with van der Waals surface area (Å²) in [6, 6.07) is 19.1. The lowest BCUT2D eigenvalue weighted by atomic mass is 10.0. The van der Waals surface area contributed by atoms with Crippen LogP contribution in [0.15, 0.2) is 72.3 Å². The number of cyclic esters (lactones) is 1. The highest BCUT2D eigenvalue weighted by Crippen LogP contribution is 2.31. The van der Waals surface area contributed by atoms with Crippen LogP contribution in [0.5, 0.6) is 5.75 Å². The van der Waals surface area contributed by atoms with Crippen LogP contribution in [0.4, 0.5) is 0 Å². The number of rotatable bonds is 3. The Balaban J connectivity index is 1.71. The highest BCUT2D eigenvalue weighted by Gasteiger charge is 2.22. The summed E-state index contributed by atoms with van der Waals surface area (Å²) in [5.74, 6) is 0.961. The maximum absolute atomic E-state index is 12.2. The number of benzene rings is 3. The number of esters is 1. The third-order valence-electron chi connectivity index (χ3n) is 4.27. The van der Waals surface area contributed by atoms with Gasteiger partial charge < -0.3 is 9.47 Å². The monoisotopic (exact) mass is 362 g/mol. The molecule has 0 saturated heterocycles. The molecule has 4 heteroatoms. The molecule has 0 fully saturated rings. The van der Waals surface area contributed by atoms with Gasteiger partial charge in [0.25, 0.3) is 0 Å². The van der Waals surface area contributed by atoms with E-state index in [-0.39, 0.29) is 5.97 Å². The maximum Gasteiger partial charge on any atom is 0.343 e. The predicted molar refractivity (Wildman–Crippen MR) is 104 cm³/mol. The predicted octanol–water partition coefficient (Wildman–Crippen LogP) is 5.48. The number of ether oxygens (including phenoxy) is 2. The fraction of sp³-hybridized carbons (Fsp3) is 0.0455. The lowest BCUT2D eigenvalue weighted by Crippen LogP contribution is -1.97. The number of carbonyl (C=O) groups is 1. The molecule has 0 amide bonds. The van der Waals surface area contributed by atoms with Gasteiger partial charge in [-0.25, -0.2) is 4.79 Å². The van der Waals surface area contributed by atoms with Gasteiger partial charge in [0.2, 0.25) is 0 Å². The molecular formula is C22H15ClO3. The molecule has 3 nitrogen and oxygen atoms in total. The number of methoxy groups -OCH3 is 1. The summed E-state index contributed by atoms with van der Waals surface area (Å²) in [5.41, 5.74) is 2.10. The Morgan fingerprint density at radius 2 is 1.77 bits per heavy atom. The Morgan fingerprint density at radius 1 is 1.00 bits per heavy atom. The summed E-state index contributed by atoms with van der Waals surface area (Å²) in [4.78, 5) is 12.2. The second kappa shape index (κ2) is 6.70. The highest BCUT2D eigenvalue weighted by atomic mass is 35.5. The van der Waals surface area contributed by atoms with Crippen molar-refractivity contribution in [2.24, 2.45) is 0 Å². The smallest absolute Gasteiger partial charge is 0.343 e. The first-order valence-corrected chi connectivity index (χ1v) is 8.50. The molecule has 0 unspecified atom stereocenters. The molecule has 3 aromatic carbocycles. The topological polar surface area (TPSA) is 35.5 Å². The SMILES string of the molecule is COc1ccc2cc(C3=C/C(=C/c4ccccc4Cl)C(=O)O3)ccc2c1. The molecule has 1 aliphatic rings. The quantitative estimate of drug-likeness (QED) is 0.457. The zero-order valence-electron chi connectivity index (χ0n) is 14.0. The van der Waals surface area contributed by atoms with Crippen molar-refractivity contribution in [1.29, 1.82) is 0 Å². The minimum atomic E-state index is -0.380. The summed E-state index contributed by atoms with van der Waals surface area (Å²) >= 11 is 6.17. The standard InChI is InChI=1S/C22H15ClO3/c1-25-19-9-8-14-10-17(7-6-15(14)12-19)21-13-18(22(24)26-21)11-16-4-2-3-5-20(16)23/h2-13H,1H3/b18-11-. The van der Waals surface area contributed by atoms with Gasteiger partial charge in [0.1, 0.15) is 11.5 Å². The number of hydrogen-bond acceptors (Lipinski definition) is 3. The number of hydrogen-bond donors (Lipinski definition) is 0. The van der Waals surface area contributed by atoms with Gasteiger partial charge in [0, 0.05) is 10.6 Å². The van der Waals surface area contributed by atoms with E-state index in [2.05, 4.69) is 0 Å². The molecule has 1 heterocycles. The highest BCUT2D eigenvalue weighted by molar-refractivity contribution is 6.32. The Morgan fingerprint density at radius 3 is 2.58 bits per heavy atom. The van der Waals surface area contributed by atoms with E-state index in [0.717, 1.165) is 27.6 Å². The average molecular weight is 363 g/mol. The van der Waals surface area contributed by atoms with Crippen molar-refractivity contribution in [3.8, 4) is 5.75 Å². The average Bonchev–Trinajstić information content (AvgIpc) is 3.03. The summed E-state index contributed by atoms with van der Waals surface area (Å²) in [6.07, 6.45) is 3.49. The zero-order chi connectivity index (χ0) is 18.1. The molecule has 0 spiro atoms. The molecular weight excluding hydrogens is 348 g/mol. The first-order chi connectivity index (χ1) is 12.6. The Labute approximate surface area is 156 Å². The van der Waals surface area contributed by atoms with Crippen molar-refractivity contribution < 1.29 is 14.3 Å². The lowest BCUT2D eigenvalue weighted by Gasteiger charge is -2.06. The molecule has 26 heavy (non-hydrogen) atoms. The van der Waals surface area contributed by atoms with Crippen molar-refractivity contribution in [2.45, 2.75) is 0 Å². The maximum atomic E-state index is 12.2. The van der Waals surface area contributed by atoms with Gasteiger partial charge in [-0.15, -0.1) is 0 Å². The molecule has 0 atom stereocenters. The third kappa shape index (κ3) is 3.09. The zero-order valence-corrected chi connectivity index (χ0v) is 14.8. The van der Waals surface area contributed by atoms with E-state index < -0.39 is 0 Å². The van der Waals surface area contributed by atoms with Crippen molar-refractivity contribution in [3.63, 3.8) is 0 Å². The van der Waals surface area contributed by atoms with E-state index in [0.29, 0.717) is 16.4 Å². The van der Waals surface area contributed by atoms with E-state index >= 15 is 0 Å². The Bertz CT molecular complexity index is 1080. The molecule has 4 rings (SSSR count). The third-order valence-corrected chi connectivity index (χ3v) is 4.62. The van der Waals surface area contributed by atoms with Crippen LogP contribution in [0.25, 0.3) is 22.6 Å². The van der Waals surface area contributed by atoms with Crippen molar-refractivity contribution >= 4 is 40.2 Å².